The third-order valence-electron chi connectivity index (χ3n) is 8.69. The summed E-state index contributed by atoms with van der Waals surface area (Å²) in [6.07, 6.45) is 3.94. The lowest BCUT2D eigenvalue weighted by molar-refractivity contribution is -0.0445. The van der Waals surface area contributed by atoms with E-state index >= 15 is 0 Å². The number of ether oxygens (including phenoxy) is 1. The molecule has 1 saturated carbocycles. The number of aromatic amines is 1. The van der Waals surface area contributed by atoms with Crippen LogP contribution in [0, 0.1) is 12.8 Å². The molecule has 3 aliphatic rings. The summed E-state index contributed by atoms with van der Waals surface area (Å²) < 4.78 is 34.9. The molecule has 0 atom stereocenters. The van der Waals surface area contributed by atoms with E-state index in [1.807, 2.05) is 24.0 Å². The number of pyridine rings is 1. The largest absolute Gasteiger partial charge is 0.381 e. The van der Waals surface area contributed by atoms with E-state index in [1.54, 1.807) is 4.68 Å². The van der Waals surface area contributed by atoms with Gasteiger partial charge in [0.1, 0.15) is 0 Å². The van der Waals surface area contributed by atoms with Gasteiger partial charge >= 0.3 is 0 Å². The van der Waals surface area contributed by atoms with Crippen molar-refractivity contribution >= 4 is 27.7 Å². The molecule has 10 heteroatoms. The van der Waals surface area contributed by atoms with Crippen molar-refractivity contribution in [3.05, 3.63) is 39.8 Å². The van der Waals surface area contributed by atoms with Crippen LogP contribution >= 0.6 is 0 Å². The normalized spacial score (nSPS) is 21.9. The zero-order valence-electron chi connectivity index (χ0n) is 21.8. The number of aromatic nitrogens is 3. The van der Waals surface area contributed by atoms with Crippen molar-refractivity contribution in [3.63, 3.8) is 0 Å². The number of nitrogens with one attached hydrogen (secondary N) is 1. The maximum Gasteiger partial charge on any atom is 0.259 e. The van der Waals surface area contributed by atoms with E-state index in [0.29, 0.717) is 53.8 Å². The number of nitrogens with zero attached hydrogens (tertiary/aromatic N) is 4. The molecule has 3 aromatic rings. The first-order valence-corrected chi connectivity index (χ1v) is 13.8. The Hall–Kier alpha value is -2.85. The number of alkyl halides is 2. The highest BCUT2D eigenvalue weighted by Gasteiger charge is 2.36. The number of rotatable bonds is 4. The highest BCUT2D eigenvalue weighted by molar-refractivity contribution is 6.07. The maximum atomic E-state index is 13.8. The maximum absolute atomic E-state index is 13.8. The lowest BCUT2D eigenvalue weighted by atomic mass is 9.92. The summed E-state index contributed by atoms with van der Waals surface area (Å²) in [5.74, 6) is -2.00. The number of H-pyrrole nitrogens is 1. The van der Waals surface area contributed by atoms with Crippen LogP contribution in [0.4, 0.5) is 8.78 Å². The van der Waals surface area contributed by atoms with Gasteiger partial charge in [-0.15, -0.1) is 0 Å². The molecule has 1 aromatic carbocycles. The van der Waals surface area contributed by atoms with Gasteiger partial charge in [0.15, 0.2) is 0 Å². The molecule has 1 amide bonds. The van der Waals surface area contributed by atoms with Gasteiger partial charge < -0.3 is 14.6 Å². The minimum atomic E-state index is -2.65. The van der Waals surface area contributed by atoms with Crippen molar-refractivity contribution in [1.82, 2.24) is 24.6 Å². The Bertz CT molecular complexity index is 1390. The number of piperazine rings is 1. The summed E-state index contributed by atoms with van der Waals surface area (Å²) in [5.41, 5.74) is 2.38. The molecule has 0 bridgehead atoms. The molecule has 8 nitrogen and oxygen atoms in total. The Kier molecular flexibility index (Phi) is 6.72. The van der Waals surface area contributed by atoms with Crippen LogP contribution in [0.3, 0.4) is 0 Å². The Morgan fingerprint density at radius 3 is 2.50 bits per heavy atom. The average Bonchev–Trinajstić information content (AvgIpc) is 3.35. The van der Waals surface area contributed by atoms with Gasteiger partial charge in [0.25, 0.3) is 11.5 Å². The van der Waals surface area contributed by atoms with Crippen LogP contribution in [0.15, 0.2) is 23.1 Å². The third-order valence-corrected chi connectivity index (χ3v) is 8.69. The van der Waals surface area contributed by atoms with Crippen molar-refractivity contribution in [1.29, 1.82) is 0 Å². The molecule has 3 fully saturated rings. The van der Waals surface area contributed by atoms with Gasteiger partial charge in [-0.25, -0.2) is 8.78 Å². The first kappa shape index (κ1) is 25.4. The van der Waals surface area contributed by atoms with Gasteiger partial charge in [-0.1, -0.05) is 0 Å². The van der Waals surface area contributed by atoms with E-state index in [-0.39, 0.29) is 30.3 Å². The van der Waals surface area contributed by atoms with E-state index in [1.165, 1.54) is 6.20 Å². The van der Waals surface area contributed by atoms with Gasteiger partial charge in [0.2, 0.25) is 5.92 Å². The van der Waals surface area contributed by atoms with E-state index in [4.69, 9.17) is 4.74 Å². The lowest BCUT2D eigenvalue weighted by Crippen LogP contribution is -2.50. The van der Waals surface area contributed by atoms with Crippen LogP contribution in [0.1, 0.15) is 60.5 Å². The van der Waals surface area contributed by atoms with E-state index in [2.05, 4.69) is 15.0 Å². The Labute approximate surface area is 219 Å². The number of fused-ring (bicyclic) bond motifs is 3. The van der Waals surface area contributed by atoms with Gasteiger partial charge in [0, 0.05) is 69.7 Å². The highest BCUT2D eigenvalue weighted by Crippen LogP contribution is 2.40. The van der Waals surface area contributed by atoms with Gasteiger partial charge in [-0.05, 0) is 56.2 Å². The molecule has 1 N–H and O–H groups in total. The lowest BCUT2D eigenvalue weighted by Gasteiger charge is -2.37. The number of halogens is 2. The smallest absolute Gasteiger partial charge is 0.259 e. The summed E-state index contributed by atoms with van der Waals surface area (Å²) in [4.78, 5) is 33.8. The zero-order chi connectivity index (χ0) is 26.4. The number of hydrogen-bond acceptors (Lipinski definition) is 5. The van der Waals surface area contributed by atoms with Crippen LogP contribution in [-0.2, 0) is 4.74 Å². The van der Waals surface area contributed by atoms with Crippen molar-refractivity contribution in [2.75, 3.05) is 45.9 Å². The quantitative estimate of drug-likeness (QED) is 0.552. The second kappa shape index (κ2) is 10.0. The molecule has 0 unspecified atom stereocenters. The number of carbonyl (C=O) groups excluding carboxylic acids is 1. The van der Waals surface area contributed by atoms with Crippen molar-refractivity contribution in [3.8, 4) is 0 Å². The summed E-state index contributed by atoms with van der Waals surface area (Å²) in [5, 5.41) is 5.60. The van der Waals surface area contributed by atoms with E-state index in [0.717, 1.165) is 56.6 Å². The molecule has 0 spiro atoms. The molecule has 204 valence electrons. The molecule has 4 heterocycles. The summed E-state index contributed by atoms with van der Waals surface area (Å²) >= 11 is 0. The Morgan fingerprint density at radius 1 is 1.08 bits per heavy atom. The van der Waals surface area contributed by atoms with E-state index < -0.39 is 5.92 Å². The zero-order valence-corrected chi connectivity index (χ0v) is 21.8. The van der Waals surface area contributed by atoms with E-state index in [9.17, 15) is 18.4 Å². The summed E-state index contributed by atoms with van der Waals surface area (Å²) in [6.45, 7) is 7.69. The Morgan fingerprint density at radius 2 is 1.79 bits per heavy atom. The van der Waals surface area contributed by atoms with Crippen molar-refractivity contribution in [2.24, 2.45) is 5.92 Å². The predicted molar refractivity (Wildman–Crippen MR) is 141 cm³/mol. The number of amides is 1. The second-order valence-corrected chi connectivity index (χ2v) is 11.3. The third kappa shape index (κ3) is 4.84. The number of benzene rings is 1. The fourth-order valence-electron chi connectivity index (χ4n) is 6.37. The fraction of sp³-hybridized carbons (Fsp3) is 0.607. The van der Waals surface area contributed by atoms with Crippen LogP contribution in [-0.4, -0.2) is 82.3 Å². The van der Waals surface area contributed by atoms with Crippen LogP contribution in [0.2, 0.25) is 0 Å². The highest BCUT2D eigenvalue weighted by atomic mass is 19.3. The monoisotopic (exact) mass is 527 g/mol. The molecule has 1 aliphatic carbocycles. The average molecular weight is 528 g/mol. The predicted octanol–water partition coefficient (Wildman–Crippen LogP) is 4.12. The molecule has 2 saturated heterocycles. The molecule has 38 heavy (non-hydrogen) atoms. The fourth-order valence-corrected chi connectivity index (χ4v) is 6.37. The van der Waals surface area contributed by atoms with Gasteiger partial charge in [-0.2, -0.15) is 5.10 Å². The molecule has 0 radical (unpaired) electrons. The standard InChI is InChI=1S/C28H35F2N5O3/c1-18-14-24-22(25-23(26(36)32-24)16-31-35(25)20-2-6-28(29,30)7-3-20)15-21(18)27(37)34-10-8-33(9-11-34)17-19-4-12-38-13-5-19/h14-16,19-20H,2-13,17H2,1H3,(H,32,36). The molecule has 2 aliphatic heterocycles. The topological polar surface area (TPSA) is 83.5 Å². The minimum absolute atomic E-state index is 0.0159. The second-order valence-electron chi connectivity index (χ2n) is 11.3. The van der Waals surface area contributed by atoms with Crippen LogP contribution < -0.4 is 5.56 Å². The van der Waals surface area contributed by atoms with Crippen molar-refractivity contribution < 1.29 is 18.3 Å². The minimum Gasteiger partial charge on any atom is -0.381 e. The number of aryl methyl sites for hydroxylation is 1. The van der Waals surface area contributed by atoms with Gasteiger partial charge in [0.05, 0.1) is 28.7 Å². The number of hydrogen-bond donors (Lipinski definition) is 1. The number of carbonyl (C=O) groups is 1. The molecule has 6 rings (SSSR count). The molecular weight excluding hydrogens is 492 g/mol. The van der Waals surface area contributed by atoms with Gasteiger partial charge in [-0.3, -0.25) is 19.2 Å². The van der Waals surface area contributed by atoms with Crippen LogP contribution in [0.25, 0.3) is 21.8 Å². The first-order valence-electron chi connectivity index (χ1n) is 13.8. The first-order chi connectivity index (χ1) is 18.3. The molecule has 2 aromatic heterocycles. The Balaban J connectivity index is 1.27. The van der Waals surface area contributed by atoms with Crippen LogP contribution in [0.5, 0.6) is 0 Å². The van der Waals surface area contributed by atoms with Crippen molar-refractivity contribution in [2.45, 2.75) is 57.4 Å². The molecular formula is C28H35F2N5O3. The summed E-state index contributed by atoms with van der Waals surface area (Å²) in [7, 11) is 0. The summed E-state index contributed by atoms with van der Waals surface area (Å²) in [6, 6.07) is 3.49. The SMILES string of the molecule is Cc1cc2[nH]c(=O)c3cnn(C4CCC(F)(F)CC4)c3c2cc1C(=O)N1CCN(CC2CCOCC2)CC1.